The van der Waals surface area contributed by atoms with Crippen molar-refractivity contribution in [3.63, 3.8) is 0 Å². The molecule has 2 heterocycles. The summed E-state index contributed by atoms with van der Waals surface area (Å²) in [5.74, 6) is 0.222. The first-order valence-corrected chi connectivity index (χ1v) is 6.76. The van der Waals surface area contributed by atoms with Crippen LogP contribution in [-0.4, -0.2) is 41.8 Å². The molecule has 0 saturated carbocycles. The Morgan fingerprint density at radius 1 is 1.59 bits per heavy atom. The largest absolute Gasteiger partial charge is 0.373 e. The van der Waals surface area contributed by atoms with Gasteiger partial charge in [0.15, 0.2) is 0 Å². The first-order valence-electron chi connectivity index (χ1n) is 6.76. The lowest BCUT2D eigenvalue weighted by atomic mass is 10.0. The maximum Gasteiger partial charge on any atom is 0.240 e. The van der Waals surface area contributed by atoms with E-state index in [0.717, 1.165) is 38.8 Å². The van der Waals surface area contributed by atoms with Gasteiger partial charge in [-0.25, -0.2) is 0 Å². The number of nitrogens with zero attached hydrogens (tertiary/aromatic N) is 1. The molecule has 4 heteroatoms. The molecule has 3 unspecified atom stereocenters. The van der Waals surface area contributed by atoms with Gasteiger partial charge in [-0.1, -0.05) is 13.3 Å². The van der Waals surface area contributed by atoms with Gasteiger partial charge in [0, 0.05) is 6.61 Å². The van der Waals surface area contributed by atoms with Crippen LogP contribution in [0, 0.1) is 0 Å². The van der Waals surface area contributed by atoms with Gasteiger partial charge in [-0.2, -0.15) is 0 Å². The first-order chi connectivity index (χ1) is 8.06. The number of carbonyl (C=O) groups is 1. The summed E-state index contributed by atoms with van der Waals surface area (Å²) in [5, 5.41) is 3.37. The van der Waals surface area contributed by atoms with Crippen molar-refractivity contribution in [1.29, 1.82) is 0 Å². The Labute approximate surface area is 104 Å². The zero-order valence-corrected chi connectivity index (χ0v) is 11.2. The smallest absolute Gasteiger partial charge is 0.240 e. The highest BCUT2D eigenvalue weighted by molar-refractivity contribution is 5.84. The zero-order valence-electron chi connectivity index (χ0n) is 11.2. The van der Waals surface area contributed by atoms with Crippen molar-refractivity contribution in [2.75, 3.05) is 13.2 Å². The Morgan fingerprint density at radius 2 is 2.35 bits per heavy atom. The minimum atomic E-state index is -0.132. The lowest BCUT2D eigenvalue weighted by Gasteiger charge is -2.32. The predicted molar refractivity (Wildman–Crippen MR) is 66.6 cm³/mol. The highest BCUT2D eigenvalue weighted by atomic mass is 16.5. The van der Waals surface area contributed by atoms with Crippen molar-refractivity contribution in [3.8, 4) is 0 Å². The van der Waals surface area contributed by atoms with E-state index in [4.69, 9.17) is 4.74 Å². The molecule has 0 aliphatic carbocycles. The molecule has 2 aliphatic heterocycles. The van der Waals surface area contributed by atoms with E-state index in [1.54, 1.807) is 0 Å². The van der Waals surface area contributed by atoms with Crippen molar-refractivity contribution in [1.82, 2.24) is 10.2 Å². The van der Waals surface area contributed by atoms with Gasteiger partial charge >= 0.3 is 0 Å². The summed E-state index contributed by atoms with van der Waals surface area (Å²) in [7, 11) is 0. The highest BCUT2D eigenvalue weighted by Gasteiger charge is 2.41. The maximum atomic E-state index is 12.1. The minimum Gasteiger partial charge on any atom is -0.373 e. The summed E-state index contributed by atoms with van der Waals surface area (Å²) < 4.78 is 5.79. The molecule has 0 radical (unpaired) electrons. The third-order valence-corrected chi connectivity index (χ3v) is 3.84. The summed E-state index contributed by atoms with van der Waals surface area (Å²) >= 11 is 0. The molecule has 2 aliphatic rings. The van der Waals surface area contributed by atoms with E-state index in [9.17, 15) is 4.79 Å². The molecule has 2 rings (SSSR count). The number of rotatable bonds is 4. The number of hydrogen-bond donors (Lipinski definition) is 1. The number of amides is 1. The lowest BCUT2D eigenvalue weighted by Crippen LogP contribution is -2.46. The van der Waals surface area contributed by atoms with E-state index in [1.165, 1.54) is 0 Å². The first kappa shape index (κ1) is 12.8. The molecule has 0 aromatic carbocycles. The van der Waals surface area contributed by atoms with Crippen LogP contribution in [0.3, 0.4) is 0 Å². The third kappa shape index (κ3) is 2.63. The minimum absolute atomic E-state index is 0.0449. The van der Waals surface area contributed by atoms with Gasteiger partial charge < -0.3 is 9.64 Å². The molecule has 17 heavy (non-hydrogen) atoms. The number of ether oxygens (including phenoxy) is 1. The fraction of sp³-hybridized carbons (Fsp3) is 0.923. The standard InChI is InChI=1S/C13H24N2O2/c1-4-6-11-14-10(2)12(16)15(11)9-13(3)7-5-8-17-13/h10-11,14H,4-9H2,1-3H3. The second-order valence-corrected chi connectivity index (χ2v) is 5.56. The van der Waals surface area contributed by atoms with Crippen LogP contribution < -0.4 is 5.32 Å². The van der Waals surface area contributed by atoms with Crippen molar-refractivity contribution >= 4 is 5.91 Å². The molecule has 0 aromatic heterocycles. The molecule has 2 fully saturated rings. The van der Waals surface area contributed by atoms with Crippen molar-refractivity contribution in [3.05, 3.63) is 0 Å². The van der Waals surface area contributed by atoms with Crippen LogP contribution in [0.15, 0.2) is 0 Å². The predicted octanol–water partition coefficient (Wildman–Crippen LogP) is 1.50. The topological polar surface area (TPSA) is 41.6 Å². The van der Waals surface area contributed by atoms with Crippen LogP contribution in [0.25, 0.3) is 0 Å². The monoisotopic (exact) mass is 240 g/mol. The third-order valence-electron chi connectivity index (χ3n) is 3.84. The van der Waals surface area contributed by atoms with E-state index in [0.29, 0.717) is 0 Å². The molecule has 4 nitrogen and oxygen atoms in total. The molecule has 1 N–H and O–H groups in total. The second kappa shape index (κ2) is 4.94. The Bertz CT molecular complexity index is 287. The van der Waals surface area contributed by atoms with Crippen LogP contribution in [0.1, 0.15) is 46.5 Å². The fourth-order valence-corrected chi connectivity index (χ4v) is 2.87. The molecule has 2 saturated heterocycles. The quantitative estimate of drug-likeness (QED) is 0.809. The summed E-state index contributed by atoms with van der Waals surface area (Å²) in [6.07, 6.45) is 4.48. The van der Waals surface area contributed by atoms with E-state index < -0.39 is 0 Å². The molecule has 3 atom stereocenters. The molecular weight excluding hydrogens is 216 g/mol. The van der Waals surface area contributed by atoms with Crippen molar-refractivity contribution < 1.29 is 9.53 Å². The molecule has 0 spiro atoms. The van der Waals surface area contributed by atoms with Gasteiger partial charge in [0.1, 0.15) is 0 Å². The van der Waals surface area contributed by atoms with Crippen LogP contribution >= 0.6 is 0 Å². The second-order valence-electron chi connectivity index (χ2n) is 5.56. The van der Waals surface area contributed by atoms with Crippen LogP contribution in [0.2, 0.25) is 0 Å². The van der Waals surface area contributed by atoms with E-state index >= 15 is 0 Å². The maximum absolute atomic E-state index is 12.1. The number of nitrogens with one attached hydrogen (secondary N) is 1. The van der Waals surface area contributed by atoms with Gasteiger partial charge in [0.25, 0.3) is 0 Å². The van der Waals surface area contributed by atoms with Crippen LogP contribution in [0.5, 0.6) is 0 Å². The van der Waals surface area contributed by atoms with Crippen LogP contribution in [0.4, 0.5) is 0 Å². The molecular formula is C13H24N2O2. The number of carbonyl (C=O) groups excluding carboxylic acids is 1. The van der Waals surface area contributed by atoms with Gasteiger partial charge in [0.05, 0.1) is 24.4 Å². The SMILES string of the molecule is CCCC1NC(C)C(=O)N1CC1(C)CCCO1. The van der Waals surface area contributed by atoms with Crippen molar-refractivity contribution in [2.45, 2.75) is 64.3 Å². The summed E-state index contributed by atoms with van der Waals surface area (Å²) in [6.45, 7) is 7.79. The van der Waals surface area contributed by atoms with Gasteiger partial charge in [0.2, 0.25) is 5.91 Å². The van der Waals surface area contributed by atoms with Gasteiger partial charge in [-0.15, -0.1) is 0 Å². The molecule has 98 valence electrons. The Kier molecular flexibility index (Phi) is 3.73. The Morgan fingerprint density at radius 3 is 2.94 bits per heavy atom. The average Bonchev–Trinajstić information content (AvgIpc) is 2.80. The molecule has 0 bridgehead atoms. The molecule has 1 amide bonds. The summed E-state index contributed by atoms with van der Waals surface area (Å²) in [5.41, 5.74) is -0.132. The average molecular weight is 240 g/mol. The van der Waals surface area contributed by atoms with E-state index in [1.807, 2.05) is 11.8 Å². The Balaban J connectivity index is 2.03. The highest BCUT2D eigenvalue weighted by Crippen LogP contribution is 2.28. The van der Waals surface area contributed by atoms with Gasteiger partial charge in [-0.05, 0) is 33.1 Å². The van der Waals surface area contributed by atoms with E-state index in [2.05, 4.69) is 19.2 Å². The normalized spacial score (nSPS) is 38.1. The van der Waals surface area contributed by atoms with Gasteiger partial charge in [-0.3, -0.25) is 10.1 Å². The van der Waals surface area contributed by atoms with E-state index in [-0.39, 0.29) is 23.7 Å². The zero-order chi connectivity index (χ0) is 12.5. The Hall–Kier alpha value is -0.610. The van der Waals surface area contributed by atoms with Crippen LogP contribution in [-0.2, 0) is 9.53 Å². The summed E-state index contributed by atoms with van der Waals surface area (Å²) in [4.78, 5) is 14.1. The number of hydrogen-bond acceptors (Lipinski definition) is 3. The fourth-order valence-electron chi connectivity index (χ4n) is 2.87. The van der Waals surface area contributed by atoms with Crippen molar-refractivity contribution in [2.24, 2.45) is 0 Å². The lowest BCUT2D eigenvalue weighted by molar-refractivity contribution is -0.133. The summed E-state index contributed by atoms with van der Waals surface area (Å²) in [6, 6.07) is -0.0449. The molecule has 0 aromatic rings.